The highest BCUT2D eigenvalue weighted by Crippen LogP contribution is 2.23. The van der Waals surface area contributed by atoms with Gasteiger partial charge < -0.3 is 8.94 Å². The lowest BCUT2D eigenvalue weighted by atomic mass is 10.3. The molecule has 0 spiro atoms. The Hall–Kier alpha value is -1.99. The Labute approximate surface area is 120 Å². The summed E-state index contributed by atoms with van der Waals surface area (Å²) in [5.41, 5.74) is 0. The molecule has 3 heterocycles. The molecule has 0 aliphatic heterocycles. The van der Waals surface area contributed by atoms with E-state index in [9.17, 15) is 0 Å². The molecule has 0 amide bonds. The number of nitrogens with zero attached hydrogens (tertiary/aromatic N) is 4. The highest BCUT2D eigenvalue weighted by Gasteiger charge is 2.18. The standard InChI is InChI=1S/C13H14N4O2S/c1-9(13-14-5-7-20-13)17(2)8-11-15-12(16-19-11)10-4-3-6-18-10/h3-7,9H,8H2,1-2H3. The van der Waals surface area contributed by atoms with Gasteiger partial charge in [0, 0.05) is 11.6 Å². The normalized spacial score (nSPS) is 12.9. The van der Waals surface area contributed by atoms with Gasteiger partial charge in [-0.2, -0.15) is 4.98 Å². The average molecular weight is 290 g/mol. The molecule has 0 saturated carbocycles. The Kier molecular flexibility index (Phi) is 3.62. The smallest absolute Gasteiger partial charge is 0.241 e. The van der Waals surface area contributed by atoms with Crippen LogP contribution in [0, 0.1) is 0 Å². The van der Waals surface area contributed by atoms with Gasteiger partial charge in [-0.25, -0.2) is 4.98 Å². The molecule has 3 rings (SSSR count). The fraction of sp³-hybridized carbons (Fsp3) is 0.308. The summed E-state index contributed by atoms with van der Waals surface area (Å²) in [6.07, 6.45) is 3.40. The quantitative estimate of drug-likeness (QED) is 0.719. The summed E-state index contributed by atoms with van der Waals surface area (Å²) in [4.78, 5) is 10.8. The Balaban J connectivity index is 1.69. The van der Waals surface area contributed by atoms with Crippen LogP contribution in [0.3, 0.4) is 0 Å². The third-order valence-corrected chi connectivity index (χ3v) is 4.01. The van der Waals surface area contributed by atoms with Gasteiger partial charge >= 0.3 is 0 Å². The molecule has 6 nitrogen and oxygen atoms in total. The van der Waals surface area contributed by atoms with E-state index in [2.05, 4.69) is 26.9 Å². The molecule has 0 bridgehead atoms. The molecule has 20 heavy (non-hydrogen) atoms. The third-order valence-electron chi connectivity index (χ3n) is 3.06. The lowest BCUT2D eigenvalue weighted by Gasteiger charge is -2.20. The fourth-order valence-electron chi connectivity index (χ4n) is 1.80. The molecule has 0 fully saturated rings. The minimum absolute atomic E-state index is 0.203. The molecule has 0 aliphatic rings. The van der Waals surface area contributed by atoms with Crippen molar-refractivity contribution >= 4 is 11.3 Å². The minimum Gasteiger partial charge on any atom is -0.461 e. The monoisotopic (exact) mass is 290 g/mol. The zero-order valence-corrected chi connectivity index (χ0v) is 12.0. The second-order valence-electron chi connectivity index (χ2n) is 4.45. The third kappa shape index (κ3) is 2.63. The van der Waals surface area contributed by atoms with E-state index in [1.807, 2.05) is 18.6 Å². The first-order valence-corrected chi connectivity index (χ1v) is 7.08. The van der Waals surface area contributed by atoms with Crippen molar-refractivity contribution in [1.29, 1.82) is 0 Å². The maximum atomic E-state index is 5.25. The summed E-state index contributed by atoms with van der Waals surface area (Å²) in [5, 5.41) is 6.96. The summed E-state index contributed by atoms with van der Waals surface area (Å²) in [6.45, 7) is 2.66. The maximum absolute atomic E-state index is 5.25. The molecule has 7 heteroatoms. The highest BCUT2D eigenvalue weighted by atomic mass is 32.1. The van der Waals surface area contributed by atoms with E-state index < -0.39 is 0 Å². The van der Waals surface area contributed by atoms with Crippen molar-refractivity contribution in [3.63, 3.8) is 0 Å². The van der Waals surface area contributed by atoms with Crippen LogP contribution in [-0.2, 0) is 6.54 Å². The molecular weight excluding hydrogens is 276 g/mol. The predicted molar refractivity (Wildman–Crippen MR) is 74.0 cm³/mol. The molecule has 0 saturated heterocycles. The summed E-state index contributed by atoms with van der Waals surface area (Å²) in [7, 11) is 2.00. The van der Waals surface area contributed by atoms with Crippen LogP contribution in [0.25, 0.3) is 11.6 Å². The fourth-order valence-corrected chi connectivity index (χ4v) is 2.56. The van der Waals surface area contributed by atoms with Crippen LogP contribution in [0.4, 0.5) is 0 Å². The first-order chi connectivity index (χ1) is 9.74. The van der Waals surface area contributed by atoms with Crippen LogP contribution in [0.15, 0.2) is 38.9 Å². The maximum Gasteiger partial charge on any atom is 0.241 e. The molecule has 0 N–H and O–H groups in total. The minimum atomic E-state index is 0.203. The lowest BCUT2D eigenvalue weighted by molar-refractivity contribution is 0.216. The van der Waals surface area contributed by atoms with Gasteiger partial charge in [0.25, 0.3) is 0 Å². The first-order valence-electron chi connectivity index (χ1n) is 6.20. The van der Waals surface area contributed by atoms with Crippen LogP contribution in [0.5, 0.6) is 0 Å². The van der Waals surface area contributed by atoms with Gasteiger partial charge in [0.15, 0.2) is 5.76 Å². The predicted octanol–water partition coefficient (Wildman–Crippen LogP) is 2.98. The van der Waals surface area contributed by atoms with E-state index in [4.69, 9.17) is 8.94 Å². The van der Waals surface area contributed by atoms with Crippen molar-refractivity contribution in [3.05, 3.63) is 40.9 Å². The van der Waals surface area contributed by atoms with Crippen LogP contribution in [0.2, 0.25) is 0 Å². The van der Waals surface area contributed by atoms with E-state index in [0.717, 1.165) is 5.01 Å². The number of hydrogen-bond acceptors (Lipinski definition) is 7. The van der Waals surface area contributed by atoms with Gasteiger partial charge in [-0.05, 0) is 26.1 Å². The van der Waals surface area contributed by atoms with Gasteiger partial charge in [-0.1, -0.05) is 5.16 Å². The Morgan fingerprint density at radius 3 is 3.05 bits per heavy atom. The topological polar surface area (TPSA) is 68.2 Å². The van der Waals surface area contributed by atoms with Gasteiger partial charge in [-0.3, -0.25) is 4.90 Å². The van der Waals surface area contributed by atoms with E-state index in [1.54, 1.807) is 29.7 Å². The number of hydrogen-bond donors (Lipinski definition) is 0. The molecular formula is C13H14N4O2S. The van der Waals surface area contributed by atoms with Crippen LogP contribution >= 0.6 is 11.3 Å². The van der Waals surface area contributed by atoms with Crippen LogP contribution < -0.4 is 0 Å². The lowest BCUT2D eigenvalue weighted by Crippen LogP contribution is -2.21. The zero-order valence-electron chi connectivity index (χ0n) is 11.2. The Morgan fingerprint density at radius 2 is 2.35 bits per heavy atom. The van der Waals surface area contributed by atoms with E-state index >= 15 is 0 Å². The Bertz CT molecular complexity index is 648. The Morgan fingerprint density at radius 1 is 1.45 bits per heavy atom. The van der Waals surface area contributed by atoms with Gasteiger partial charge in [-0.15, -0.1) is 11.3 Å². The zero-order chi connectivity index (χ0) is 13.9. The number of furan rings is 1. The first kappa shape index (κ1) is 13.0. The summed E-state index contributed by atoms with van der Waals surface area (Å²) >= 11 is 1.64. The SMILES string of the molecule is CC(c1nccs1)N(C)Cc1nc(-c2ccco2)no1. The molecule has 3 aromatic rings. The van der Waals surface area contributed by atoms with Crippen LogP contribution in [-0.4, -0.2) is 27.1 Å². The van der Waals surface area contributed by atoms with Gasteiger partial charge in [0.2, 0.25) is 11.7 Å². The molecule has 0 aromatic carbocycles. The highest BCUT2D eigenvalue weighted by molar-refractivity contribution is 7.09. The van der Waals surface area contributed by atoms with Crippen molar-refractivity contribution in [1.82, 2.24) is 20.0 Å². The summed E-state index contributed by atoms with van der Waals surface area (Å²) in [5.74, 6) is 1.64. The van der Waals surface area contributed by atoms with Crippen molar-refractivity contribution < 1.29 is 8.94 Å². The molecule has 3 aromatic heterocycles. The second kappa shape index (κ2) is 5.56. The molecule has 0 radical (unpaired) electrons. The summed E-state index contributed by atoms with van der Waals surface area (Å²) < 4.78 is 10.5. The average Bonchev–Trinajstić information content (AvgIpc) is 3.19. The van der Waals surface area contributed by atoms with Gasteiger partial charge in [0.05, 0.1) is 18.8 Å². The van der Waals surface area contributed by atoms with Crippen molar-refractivity contribution in [3.8, 4) is 11.6 Å². The molecule has 104 valence electrons. The molecule has 1 atom stereocenters. The van der Waals surface area contributed by atoms with Gasteiger partial charge in [0.1, 0.15) is 5.01 Å². The van der Waals surface area contributed by atoms with Crippen LogP contribution in [0.1, 0.15) is 23.9 Å². The summed E-state index contributed by atoms with van der Waals surface area (Å²) in [6, 6.07) is 3.80. The second-order valence-corrected chi connectivity index (χ2v) is 5.38. The van der Waals surface area contributed by atoms with E-state index in [1.165, 1.54) is 0 Å². The van der Waals surface area contributed by atoms with E-state index in [-0.39, 0.29) is 6.04 Å². The van der Waals surface area contributed by atoms with Crippen molar-refractivity contribution in [2.45, 2.75) is 19.5 Å². The van der Waals surface area contributed by atoms with Crippen molar-refractivity contribution in [2.75, 3.05) is 7.05 Å². The largest absolute Gasteiger partial charge is 0.461 e. The molecule has 1 unspecified atom stereocenters. The number of thiazole rings is 1. The van der Waals surface area contributed by atoms with E-state index in [0.29, 0.717) is 24.0 Å². The molecule has 0 aliphatic carbocycles. The van der Waals surface area contributed by atoms with Crippen molar-refractivity contribution in [2.24, 2.45) is 0 Å². The number of rotatable bonds is 5. The number of aromatic nitrogens is 3.